The normalized spacial score (nSPS) is 12.2. The van der Waals surface area contributed by atoms with Crippen molar-refractivity contribution in [3.63, 3.8) is 0 Å². The average Bonchev–Trinajstić information content (AvgIpc) is 3.13. The minimum absolute atomic E-state index is 0.414. The van der Waals surface area contributed by atoms with Gasteiger partial charge in [0.1, 0.15) is 5.82 Å². The Kier molecular flexibility index (Phi) is 5.68. The highest BCUT2D eigenvalue weighted by molar-refractivity contribution is 7.92. The summed E-state index contributed by atoms with van der Waals surface area (Å²) in [5.74, 6) is 0.664. The van der Waals surface area contributed by atoms with E-state index >= 15 is 0 Å². The van der Waals surface area contributed by atoms with E-state index < -0.39 is 21.8 Å². The van der Waals surface area contributed by atoms with Gasteiger partial charge in [-0.2, -0.15) is 13.2 Å². The first-order valence-corrected chi connectivity index (χ1v) is 11.7. The van der Waals surface area contributed by atoms with Gasteiger partial charge in [0, 0.05) is 12.0 Å². The summed E-state index contributed by atoms with van der Waals surface area (Å²) in [6.07, 6.45) is -2.40. The molecule has 0 amide bonds. The van der Waals surface area contributed by atoms with Crippen molar-refractivity contribution < 1.29 is 21.6 Å². The minimum Gasteiger partial charge on any atom is -0.342 e. The number of aryl methyl sites for hydroxylation is 2. The van der Waals surface area contributed by atoms with Crippen LogP contribution in [-0.4, -0.2) is 24.6 Å². The molecule has 2 N–H and O–H groups in total. The van der Waals surface area contributed by atoms with E-state index in [0.717, 1.165) is 40.5 Å². The summed E-state index contributed by atoms with van der Waals surface area (Å²) in [4.78, 5) is 7.74. The third-order valence-electron chi connectivity index (χ3n) is 4.97. The SMILES string of the molecule is CS(=O)(=O)Nc1ccccc1-c1ccc2nc(CCc3cccc(C(F)(F)F)c3)[nH]c2c1. The number of hydrogen-bond acceptors (Lipinski definition) is 3. The number of imidazole rings is 1. The van der Waals surface area contributed by atoms with Crippen molar-refractivity contribution in [3.05, 3.63) is 83.7 Å². The van der Waals surface area contributed by atoms with Crippen molar-refractivity contribution in [2.75, 3.05) is 11.0 Å². The van der Waals surface area contributed by atoms with Crippen molar-refractivity contribution in [3.8, 4) is 11.1 Å². The zero-order valence-corrected chi connectivity index (χ0v) is 17.9. The van der Waals surface area contributed by atoms with E-state index in [0.29, 0.717) is 29.9 Å². The lowest BCUT2D eigenvalue weighted by Gasteiger charge is -2.10. The Labute approximate surface area is 183 Å². The monoisotopic (exact) mass is 459 g/mol. The molecular formula is C23H20F3N3O2S. The summed E-state index contributed by atoms with van der Waals surface area (Å²) < 4.78 is 64.6. The fraction of sp³-hybridized carbons (Fsp3) is 0.174. The van der Waals surface area contributed by atoms with Crippen LogP contribution in [0.25, 0.3) is 22.2 Å². The molecule has 0 radical (unpaired) electrons. The maximum Gasteiger partial charge on any atom is 0.416 e. The summed E-state index contributed by atoms with van der Waals surface area (Å²) in [5, 5.41) is 0. The molecule has 0 aliphatic carbocycles. The Morgan fingerprint density at radius 2 is 1.75 bits per heavy atom. The molecule has 0 atom stereocenters. The number of nitrogens with zero attached hydrogens (tertiary/aromatic N) is 1. The molecule has 0 spiro atoms. The number of hydrogen-bond donors (Lipinski definition) is 2. The van der Waals surface area contributed by atoms with Crippen molar-refractivity contribution in [2.24, 2.45) is 0 Å². The minimum atomic E-state index is -4.37. The standard InChI is InChI=1S/C23H20F3N3O2S/c1-32(30,31)29-19-8-3-2-7-18(19)16-10-11-20-21(14-16)28-22(27-20)12-9-15-5-4-6-17(13-15)23(24,25)26/h2-8,10-11,13-14,29H,9,12H2,1H3,(H,27,28). The Morgan fingerprint density at radius 1 is 0.969 bits per heavy atom. The summed E-state index contributed by atoms with van der Waals surface area (Å²) in [5.41, 5.74) is 3.40. The van der Waals surface area contributed by atoms with Crippen molar-refractivity contribution in [1.29, 1.82) is 0 Å². The summed E-state index contributed by atoms with van der Waals surface area (Å²) in [6.45, 7) is 0. The maximum atomic E-state index is 12.9. The first-order valence-electron chi connectivity index (χ1n) is 9.80. The van der Waals surface area contributed by atoms with E-state index in [4.69, 9.17) is 0 Å². The molecule has 5 nitrogen and oxygen atoms in total. The first-order chi connectivity index (χ1) is 15.1. The van der Waals surface area contributed by atoms with Crippen LogP contribution >= 0.6 is 0 Å². The summed E-state index contributed by atoms with van der Waals surface area (Å²) in [7, 11) is -3.43. The number of anilines is 1. The number of sulfonamides is 1. The van der Waals surface area contributed by atoms with Crippen LogP contribution in [0.5, 0.6) is 0 Å². The fourth-order valence-electron chi connectivity index (χ4n) is 3.54. The lowest BCUT2D eigenvalue weighted by Crippen LogP contribution is -2.10. The molecule has 1 aromatic heterocycles. The van der Waals surface area contributed by atoms with E-state index in [9.17, 15) is 21.6 Å². The van der Waals surface area contributed by atoms with Gasteiger partial charge in [0.2, 0.25) is 10.0 Å². The highest BCUT2D eigenvalue weighted by atomic mass is 32.2. The number of nitrogens with one attached hydrogen (secondary N) is 2. The van der Waals surface area contributed by atoms with Crippen LogP contribution < -0.4 is 4.72 Å². The Balaban J connectivity index is 1.57. The van der Waals surface area contributed by atoms with Gasteiger partial charge in [-0.3, -0.25) is 4.72 Å². The van der Waals surface area contributed by atoms with Gasteiger partial charge < -0.3 is 4.98 Å². The van der Waals surface area contributed by atoms with Gasteiger partial charge in [-0.15, -0.1) is 0 Å². The Hall–Kier alpha value is -3.33. The van der Waals surface area contributed by atoms with Gasteiger partial charge >= 0.3 is 6.18 Å². The van der Waals surface area contributed by atoms with Gasteiger partial charge in [0.25, 0.3) is 0 Å². The number of aromatic amines is 1. The molecule has 4 rings (SSSR count). The molecule has 0 aliphatic heterocycles. The number of para-hydroxylation sites is 1. The van der Waals surface area contributed by atoms with Crippen LogP contribution in [0, 0.1) is 0 Å². The third kappa shape index (κ3) is 5.11. The Morgan fingerprint density at radius 3 is 2.50 bits per heavy atom. The third-order valence-corrected chi connectivity index (χ3v) is 5.56. The Bertz CT molecular complexity index is 1380. The average molecular weight is 459 g/mol. The lowest BCUT2D eigenvalue weighted by atomic mass is 10.0. The van der Waals surface area contributed by atoms with Crippen LogP contribution in [0.4, 0.5) is 18.9 Å². The van der Waals surface area contributed by atoms with E-state index in [1.807, 2.05) is 30.3 Å². The van der Waals surface area contributed by atoms with Gasteiger partial charge in [0.15, 0.2) is 0 Å². The second-order valence-electron chi connectivity index (χ2n) is 7.53. The molecule has 0 saturated heterocycles. The molecule has 0 aliphatic rings. The number of halogens is 3. The largest absolute Gasteiger partial charge is 0.416 e. The molecule has 166 valence electrons. The van der Waals surface area contributed by atoms with E-state index in [-0.39, 0.29) is 0 Å². The second-order valence-corrected chi connectivity index (χ2v) is 9.28. The number of H-pyrrole nitrogens is 1. The van der Waals surface area contributed by atoms with E-state index in [2.05, 4.69) is 14.7 Å². The van der Waals surface area contributed by atoms with Gasteiger partial charge in [-0.25, -0.2) is 13.4 Å². The quantitative estimate of drug-likeness (QED) is 0.405. The number of benzene rings is 3. The van der Waals surface area contributed by atoms with E-state index in [1.165, 1.54) is 6.07 Å². The van der Waals surface area contributed by atoms with Crippen LogP contribution in [0.2, 0.25) is 0 Å². The number of alkyl halides is 3. The van der Waals surface area contributed by atoms with Gasteiger partial charge in [-0.1, -0.05) is 42.5 Å². The zero-order chi connectivity index (χ0) is 22.9. The van der Waals surface area contributed by atoms with E-state index in [1.54, 1.807) is 18.2 Å². The number of aromatic nitrogens is 2. The highest BCUT2D eigenvalue weighted by Gasteiger charge is 2.30. The molecule has 9 heteroatoms. The molecule has 0 unspecified atom stereocenters. The number of fused-ring (bicyclic) bond motifs is 1. The molecule has 0 saturated carbocycles. The zero-order valence-electron chi connectivity index (χ0n) is 17.1. The summed E-state index contributed by atoms with van der Waals surface area (Å²) >= 11 is 0. The molecular weight excluding hydrogens is 439 g/mol. The first kappa shape index (κ1) is 21.9. The smallest absolute Gasteiger partial charge is 0.342 e. The van der Waals surface area contributed by atoms with Crippen molar-refractivity contribution in [1.82, 2.24) is 9.97 Å². The predicted molar refractivity (Wildman–Crippen MR) is 119 cm³/mol. The maximum absolute atomic E-state index is 12.9. The van der Waals surface area contributed by atoms with Crippen LogP contribution in [0.15, 0.2) is 66.7 Å². The molecule has 32 heavy (non-hydrogen) atoms. The van der Waals surface area contributed by atoms with Gasteiger partial charge in [-0.05, 0) is 41.8 Å². The summed E-state index contributed by atoms with van der Waals surface area (Å²) in [6, 6.07) is 17.9. The molecule has 4 aromatic rings. The molecule has 3 aromatic carbocycles. The topological polar surface area (TPSA) is 74.8 Å². The lowest BCUT2D eigenvalue weighted by molar-refractivity contribution is -0.137. The second kappa shape index (κ2) is 8.31. The predicted octanol–water partition coefficient (Wildman–Crippen LogP) is 5.41. The van der Waals surface area contributed by atoms with Crippen LogP contribution in [-0.2, 0) is 29.0 Å². The molecule has 0 fully saturated rings. The fourth-order valence-corrected chi connectivity index (χ4v) is 4.12. The molecule has 0 bridgehead atoms. The van der Waals surface area contributed by atoms with Crippen LogP contribution in [0.1, 0.15) is 17.0 Å². The van der Waals surface area contributed by atoms with Crippen molar-refractivity contribution in [2.45, 2.75) is 19.0 Å². The molecule has 1 heterocycles. The van der Waals surface area contributed by atoms with Crippen molar-refractivity contribution >= 4 is 26.7 Å². The highest BCUT2D eigenvalue weighted by Crippen LogP contribution is 2.31. The van der Waals surface area contributed by atoms with Crippen LogP contribution in [0.3, 0.4) is 0 Å². The van der Waals surface area contributed by atoms with Gasteiger partial charge in [0.05, 0.1) is 28.5 Å². The number of rotatable bonds is 6.